The van der Waals surface area contributed by atoms with E-state index in [4.69, 9.17) is 31.2 Å². The second kappa shape index (κ2) is 11.0. The molecule has 2 aliphatic heterocycles. The highest BCUT2D eigenvalue weighted by Crippen LogP contribution is 2.38. The number of amides is 1. The van der Waals surface area contributed by atoms with Crippen LogP contribution in [0.5, 0.6) is 17.2 Å². The van der Waals surface area contributed by atoms with Crippen molar-refractivity contribution in [1.29, 1.82) is 0 Å². The van der Waals surface area contributed by atoms with Crippen molar-refractivity contribution in [3.63, 3.8) is 0 Å². The number of piperidine rings is 1. The zero-order chi connectivity index (χ0) is 24.9. The standard InChI is InChI=1S/C26H33N3O5S/c1-17-23(19-8-6-5-7-9-19)34-26(30)29(17)20-10-12-28(13-11-20)25(35)27-16-18-14-21(31-2)24(33-4)22(15-18)32-3/h5-9,14-15,17,20,23H,10-13,16H2,1-4H3,(H,27,35)/t17-,23-/m0/s1. The zero-order valence-corrected chi connectivity index (χ0v) is 21.5. The van der Waals surface area contributed by atoms with E-state index in [-0.39, 0.29) is 24.3 Å². The predicted octanol–water partition coefficient (Wildman–Crippen LogP) is 4.13. The summed E-state index contributed by atoms with van der Waals surface area (Å²) in [5.41, 5.74) is 2.00. The first-order valence-electron chi connectivity index (χ1n) is 11.8. The predicted molar refractivity (Wildman–Crippen MR) is 137 cm³/mol. The van der Waals surface area contributed by atoms with Crippen LogP contribution < -0.4 is 19.5 Å². The molecule has 8 nitrogen and oxygen atoms in total. The quantitative estimate of drug-likeness (QED) is 0.570. The Morgan fingerprint density at radius 1 is 1.06 bits per heavy atom. The van der Waals surface area contributed by atoms with Crippen LogP contribution >= 0.6 is 12.2 Å². The Balaban J connectivity index is 1.32. The Morgan fingerprint density at radius 2 is 1.69 bits per heavy atom. The van der Waals surface area contributed by atoms with Crippen LogP contribution in [0.15, 0.2) is 42.5 Å². The number of cyclic esters (lactones) is 1. The Hall–Kier alpha value is -3.20. The lowest BCUT2D eigenvalue weighted by molar-refractivity contribution is 0.120. The molecule has 2 saturated heterocycles. The van der Waals surface area contributed by atoms with E-state index < -0.39 is 0 Å². The molecule has 0 aliphatic carbocycles. The van der Waals surface area contributed by atoms with Crippen LogP contribution in [0.25, 0.3) is 0 Å². The highest BCUT2D eigenvalue weighted by atomic mass is 32.1. The third-order valence-electron chi connectivity index (χ3n) is 6.76. The SMILES string of the molecule is COc1cc(CNC(=S)N2CCC(N3C(=O)O[C@H](c4ccccc4)[C@@H]3C)CC2)cc(OC)c1OC. The second-order valence-corrected chi connectivity index (χ2v) is 9.16. The molecule has 2 fully saturated rings. The smallest absolute Gasteiger partial charge is 0.411 e. The van der Waals surface area contributed by atoms with E-state index in [0.717, 1.165) is 37.1 Å². The fraction of sp³-hybridized carbons (Fsp3) is 0.462. The van der Waals surface area contributed by atoms with Gasteiger partial charge in [0, 0.05) is 25.7 Å². The summed E-state index contributed by atoms with van der Waals surface area (Å²) in [4.78, 5) is 16.8. The average Bonchev–Trinajstić information content (AvgIpc) is 3.20. The number of hydrogen-bond donors (Lipinski definition) is 1. The first-order chi connectivity index (χ1) is 17.0. The van der Waals surface area contributed by atoms with Crippen molar-refractivity contribution < 1.29 is 23.7 Å². The largest absolute Gasteiger partial charge is 0.493 e. The number of carbonyl (C=O) groups excluding carboxylic acids is 1. The summed E-state index contributed by atoms with van der Waals surface area (Å²) in [6.07, 6.45) is 1.22. The van der Waals surface area contributed by atoms with E-state index in [9.17, 15) is 4.79 Å². The van der Waals surface area contributed by atoms with Crippen LogP contribution in [0.1, 0.15) is 37.0 Å². The number of rotatable bonds is 7. The Bertz CT molecular complexity index is 1020. The van der Waals surface area contributed by atoms with Crippen molar-refractivity contribution in [2.75, 3.05) is 34.4 Å². The van der Waals surface area contributed by atoms with E-state index in [1.807, 2.05) is 47.4 Å². The van der Waals surface area contributed by atoms with Crippen LogP contribution in [-0.4, -0.2) is 67.5 Å². The van der Waals surface area contributed by atoms with E-state index in [0.29, 0.717) is 28.9 Å². The lowest BCUT2D eigenvalue weighted by atomic mass is 9.98. The molecule has 9 heteroatoms. The number of thiocarbonyl (C=S) groups is 1. The van der Waals surface area contributed by atoms with Crippen LogP contribution in [0.2, 0.25) is 0 Å². The maximum absolute atomic E-state index is 12.7. The molecule has 2 aromatic rings. The zero-order valence-electron chi connectivity index (χ0n) is 20.7. The molecule has 188 valence electrons. The minimum Gasteiger partial charge on any atom is -0.493 e. The molecule has 2 aliphatic rings. The lowest BCUT2D eigenvalue weighted by Crippen LogP contribution is -2.51. The van der Waals surface area contributed by atoms with Gasteiger partial charge < -0.3 is 29.2 Å². The Morgan fingerprint density at radius 3 is 2.26 bits per heavy atom. The summed E-state index contributed by atoms with van der Waals surface area (Å²) < 4.78 is 22.0. The topological polar surface area (TPSA) is 72.5 Å². The van der Waals surface area contributed by atoms with Crippen LogP contribution in [-0.2, 0) is 11.3 Å². The van der Waals surface area contributed by atoms with Gasteiger partial charge in [-0.25, -0.2) is 4.79 Å². The first kappa shape index (κ1) is 24.9. The molecule has 35 heavy (non-hydrogen) atoms. The molecular weight excluding hydrogens is 466 g/mol. The van der Waals surface area contributed by atoms with Gasteiger partial charge in [-0.1, -0.05) is 30.3 Å². The number of nitrogens with zero attached hydrogens (tertiary/aromatic N) is 2. The van der Waals surface area contributed by atoms with Gasteiger partial charge in [0.05, 0.1) is 27.4 Å². The molecule has 0 radical (unpaired) electrons. The molecule has 0 saturated carbocycles. The van der Waals surface area contributed by atoms with Gasteiger partial charge in [0.2, 0.25) is 5.75 Å². The number of ether oxygens (including phenoxy) is 4. The summed E-state index contributed by atoms with van der Waals surface area (Å²) >= 11 is 5.67. The molecule has 1 amide bonds. The van der Waals surface area contributed by atoms with Gasteiger partial charge in [-0.3, -0.25) is 4.90 Å². The highest BCUT2D eigenvalue weighted by Gasteiger charge is 2.44. The van der Waals surface area contributed by atoms with E-state index >= 15 is 0 Å². The molecule has 4 rings (SSSR count). The van der Waals surface area contributed by atoms with Gasteiger partial charge in [-0.05, 0) is 55.2 Å². The van der Waals surface area contributed by atoms with E-state index in [2.05, 4.69) is 17.1 Å². The number of benzene rings is 2. The van der Waals surface area contributed by atoms with E-state index in [1.54, 1.807) is 21.3 Å². The molecule has 2 heterocycles. The fourth-order valence-corrected chi connectivity index (χ4v) is 5.18. The Kier molecular flexibility index (Phi) is 7.85. The van der Waals surface area contributed by atoms with Crippen molar-refractivity contribution in [3.05, 3.63) is 53.6 Å². The normalized spacial score (nSPS) is 20.4. The summed E-state index contributed by atoms with van der Waals surface area (Å²) in [7, 11) is 4.78. The second-order valence-electron chi connectivity index (χ2n) is 8.77. The van der Waals surface area contributed by atoms with Crippen molar-refractivity contribution >= 4 is 23.4 Å². The van der Waals surface area contributed by atoms with Gasteiger partial charge in [0.25, 0.3) is 0 Å². The first-order valence-corrected chi connectivity index (χ1v) is 12.2. The molecule has 2 atom stereocenters. The monoisotopic (exact) mass is 499 g/mol. The minimum absolute atomic E-state index is 0.00782. The summed E-state index contributed by atoms with van der Waals surface area (Å²) in [6, 6.07) is 13.9. The molecular formula is C26H33N3O5S. The number of hydrogen-bond acceptors (Lipinski definition) is 6. The third-order valence-corrected chi connectivity index (χ3v) is 7.16. The fourth-order valence-electron chi connectivity index (χ4n) is 4.93. The van der Waals surface area contributed by atoms with Crippen molar-refractivity contribution in [2.45, 2.75) is 44.5 Å². The maximum atomic E-state index is 12.7. The van der Waals surface area contributed by atoms with Gasteiger partial charge in [-0.15, -0.1) is 0 Å². The molecule has 2 aromatic carbocycles. The molecule has 0 bridgehead atoms. The summed E-state index contributed by atoms with van der Waals surface area (Å²) in [6.45, 7) is 4.15. The van der Waals surface area contributed by atoms with Crippen molar-refractivity contribution in [2.24, 2.45) is 0 Å². The molecule has 0 unspecified atom stereocenters. The molecule has 0 spiro atoms. The van der Waals surface area contributed by atoms with Gasteiger partial charge in [0.15, 0.2) is 16.6 Å². The third kappa shape index (κ3) is 5.24. The summed E-state index contributed by atoms with van der Waals surface area (Å²) in [5, 5.41) is 4.03. The number of methoxy groups -OCH3 is 3. The van der Waals surface area contributed by atoms with Crippen LogP contribution in [0.4, 0.5) is 4.79 Å². The van der Waals surface area contributed by atoms with Gasteiger partial charge in [-0.2, -0.15) is 0 Å². The number of likely N-dealkylation sites (tertiary alicyclic amines) is 1. The maximum Gasteiger partial charge on any atom is 0.411 e. The van der Waals surface area contributed by atoms with Crippen molar-refractivity contribution in [3.8, 4) is 17.2 Å². The number of carbonyl (C=O) groups is 1. The molecule has 1 N–H and O–H groups in total. The summed E-state index contributed by atoms with van der Waals surface area (Å²) in [5.74, 6) is 1.78. The Labute approximate surface area is 212 Å². The highest BCUT2D eigenvalue weighted by molar-refractivity contribution is 7.80. The van der Waals surface area contributed by atoms with Gasteiger partial charge >= 0.3 is 6.09 Å². The minimum atomic E-state index is -0.233. The lowest BCUT2D eigenvalue weighted by Gasteiger charge is -2.38. The molecule has 0 aromatic heterocycles. The van der Waals surface area contributed by atoms with Gasteiger partial charge in [0.1, 0.15) is 6.10 Å². The number of nitrogens with one attached hydrogen (secondary N) is 1. The van der Waals surface area contributed by atoms with E-state index in [1.165, 1.54) is 0 Å². The van der Waals surface area contributed by atoms with Crippen LogP contribution in [0, 0.1) is 0 Å². The van der Waals surface area contributed by atoms with Crippen molar-refractivity contribution in [1.82, 2.24) is 15.1 Å². The average molecular weight is 500 g/mol. The van der Waals surface area contributed by atoms with Crippen LogP contribution in [0.3, 0.4) is 0 Å².